The topological polar surface area (TPSA) is 99.6 Å². The van der Waals surface area contributed by atoms with E-state index in [0.717, 1.165) is 0 Å². The van der Waals surface area contributed by atoms with Crippen molar-refractivity contribution in [3.8, 4) is 0 Å². The molecule has 10 heteroatoms. The Bertz CT molecular complexity index is 780. The second-order valence-corrected chi connectivity index (χ2v) is 7.98. The number of benzene rings is 1. The number of halogens is 2. The second-order valence-electron chi connectivity index (χ2n) is 5.42. The number of methoxy groups -OCH3 is 1. The highest BCUT2D eigenvalue weighted by atomic mass is 79.9. The molecule has 2 rings (SSSR count). The Morgan fingerprint density at radius 2 is 2.22 bits per heavy atom. The van der Waals surface area contributed by atoms with Gasteiger partial charge in [0.15, 0.2) is 6.79 Å². The van der Waals surface area contributed by atoms with Crippen LogP contribution in [0.2, 0.25) is 0 Å². The number of ether oxygens (including phenoxy) is 1. The van der Waals surface area contributed by atoms with E-state index in [0.29, 0.717) is 16.5 Å². The standard InChI is InChI=1S/C13H18BrFN3O4P/c1-7(2)5-18-12-8(14)4-9(15)10(16)11(12)17-13(18)23(19,20)22-6-21-3/h4,7H,5-6,16H2,1-3H3,(H,19,20). The molecular weight excluding hydrogens is 392 g/mol. The minimum atomic E-state index is -4.25. The van der Waals surface area contributed by atoms with E-state index in [1.165, 1.54) is 17.7 Å². The molecule has 0 bridgehead atoms. The summed E-state index contributed by atoms with van der Waals surface area (Å²) in [7, 11) is -2.92. The summed E-state index contributed by atoms with van der Waals surface area (Å²) in [6, 6.07) is 1.21. The van der Waals surface area contributed by atoms with E-state index in [9.17, 15) is 13.8 Å². The van der Waals surface area contributed by atoms with E-state index in [1.54, 1.807) is 0 Å². The third-order valence-corrected chi connectivity index (χ3v) is 4.99. The van der Waals surface area contributed by atoms with Crippen molar-refractivity contribution in [1.29, 1.82) is 0 Å². The maximum absolute atomic E-state index is 13.8. The van der Waals surface area contributed by atoms with Gasteiger partial charge in [-0.1, -0.05) is 13.8 Å². The van der Waals surface area contributed by atoms with Crippen molar-refractivity contribution < 1.29 is 23.1 Å². The summed E-state index contributed by atoms with van der Waals surface area (Å²) in [5, 5.41) is 0. The SMILES string of the molecule is COCOP(=O)(O)c1nc2c(N)c(F)cc(Br)c2n1CC(C)C. The zero-order valence-electron chi connectivity index (χ0n) is 12.9. The lowest BCUT2D eigenvalue weighted by atomic mass is 10.2. The van der Waals surface area contributed by atoms with Gasteiger partial charge in [0.25, 0.3) is 0 Å². The van der Waals surface area contributed by atoms with Crippen LogP contribution < -0.4 is 11.3 Å². The molecule has 3 N–H and O–H groups in total. The summed E-state index contributed by atoms with van der Waals surface area (Å²) >= 11 is 3.26. The quantitative estimate of drug-likeness (QED) is 0.432. The number of hydrogen-bond acceptors (Lipinski definition) is 5. The first-order chi connectivity index (χ1) is 10.7. The van der Waals surface area contributed by atoms with Crippen LogP contribution >= 0.6 is 23.5 Å². The number of nitrogen functional groups attached to an aromatic ring is 1. The number of fused-ring (bicyclic) bond motifs is 1. The normalized spacial score (nSPS) is 14.6. The molecule has 128 valence electrons. The molecule has 0 aliphatic rings. The van der Waals surface area contributed by atoms with Gasteiger partial charge in [0.05, 0.1) is 11.2 Å². The lowest BCUT2D eigenvalue weighted by Crippen LogP contribution is -2.23. The predicted molar refractivity (Wildman–Crippen MR) is 89.1 cm³/mol. The monoisotopic (exact) mass is 409 g/mol. The van der Waals surface area contributed by atoms with Crippen LogP contribution in [0.5, 0.6) is 0 Å². The fourth-order valence-electron chi connectivity index (χ4n) is 2.18. The van der Waals surface area contributed by atoms with Gasteiger partial charge in [0.1, 0.15) is 11.3 Å². The largest absolute Gasteiger partial charge is 0.396 e. The zero-order valence-corrected chi connectivity index (χ0v) is 15.4. The molecule has 0 spiro atoms. The van der Waals surface area contributed by atoms with Crippen molar-refractivity contribution in [2.75, 3.05) is 19.6 Å². The molecule has 2 aromatic rings. The summed E-state index contributed by atoms with van der Waals surface area (Å²) in [5.74, 6) is -0.512. The number of hydrogen-bond donors (Lipinski definition) is 2. The van der Waals surface area contributed by atoms with Gasteiger partial charge >= 0.3 is 7.60 Å². The Morgan fingerprint density at radius 3 is 2.78 bits per heavy atom. The molecule has 0 aliphatic heterocycles. The van der Waals surface area contributed by atoms with Gasteiger partial charge in [-0.2, -0.15) is 0 Å². The number of aromatic nitrogens is 2. The molecule has 1 unspecified atom stereocenters. The van der Waals surface area contributed by atoms with Crippen LogP contribution in [0, 0.1) is 11.7 Å². The van der Waals surface area contributed by atoms with Crippen LogP contribution in [0.4, 0.5) is 10.1 Å². The van der Waals surface area contributed by atoms with Crippen molar-refractivity contribution in [3.63, 3.8) is 0 Å². The molecule has 0 radical (unpaired) electrons. The van der Waals surface area contributed by atoms with E-state index in [1.807, 2.05) is 13.8 Å². The molecule has 7 nitrogen and oxygen atoms in total. The molecule has 1 aromatic carbocycles. The molecule has 1 heterocycles. The zero-order chi connectivity index (χ0) is 17.4. The van der Waals surface area contributed by atoms with Gasteiger partial charge in [-0.15, -0.1) is 0 Å². The summed E-state index contributed by atoms with van der Waals surface area (Å²) in [6.45, 7) is 3.89. The Kier molecular flexibility index (Phi) is 5.48. The average molecular weight is 410 g/mol. The Labute approximate surface area is 141 Å². The predicted octanol–water partition coefficient (Wildman–Crippen LogP) is 2.61. The first-order valence-electron chi connectivity index (χ1n) is 6.79. The van der Waals surface area contributed by atoms with E-state index in [2.05, 4.69) is 25.7 Å². The minimum Gasteiger partial charge on any atom is -0.395 e. The van der Waals surface area contributed by atoms with E-state index >= 15 is 0 Å². The molecule has 1 atom stereocenters. The summed E-state index contributed by atoms with van der Waals surface area (Å²) in [4.78, 5) is 14.3. The van der Waals surface area contributed by atoms with Gasteiger partial charge in [0, 0.05) is 18.1 Å². The van der Waals surface area contributed by atoms with Crippen LogP contribution in [0.3, 0.4) is 0 Å². The minimum absolute atomic E-state index is 0.114. The van der Waals surface area contributed by atoms with Crippen molar-refractivity contribution in [2.24, 2.45) is 5.92 Å². The first kappa shape index (κ1) is 18.4. The number of nitrogens with two attached hydrogens (primary N) is 1. The van der Waals surface area contributed by atoms with Crippen LogP contribution in [0.1, 0.15) is 13.8 Å². The van der Waals surface area contributed by atoms with Gasteiger partial charge in [-0.05, 0) is 27.9 Å². The smallest absolute Gasteiger partial charge is 0.395 e. The van der Waals surface area contributed by atoms with Gasteiger partial charge in [-0.25, -0.2) is 9.37 Å². The maximum Gasteiger partial charge on any atom is 0.396 e. The molecule has 0 fully saturated rings. The molecule has 23 heavy (non-hydrogen) atoms. The molecule has 0 amide bonds. The van der Waals surface area contributed by atoms with Gasteiger partial charge in [0.2, 0.25) is 5.57 Å². The van der Waals surface area contributed by atoms with E-state index < -0.39 is 13.4 Å². The Balaban J connectivity index is 2.75. The lowest BCUT2D eigenvalue weighted by Gasteiger charge is -2.15. The third kappa shape index (κ3) is 3.59. The van der Waals surface area contributed by atoms with Crippen LogP contribution in [-0.2, 0) is 20.4 Å². The Hall–Kier alpha value is -0.990. The molecule has 1 aromatic heterocycles. The van der Waals surface area contributed by atoms with Crippen molar-refractivity contribution in [1.82, 2.24) is 9.55 Å². The summed E-state index contributed by atoms with van der Waals surface area (Å²) in [5.41, 5.74) is 5.92. The highest BCUT2D eigenvalue weighted by Gasteiger charge is 2.32. The van der Waals surface area contributed by atoms with E-state index in [4.69, 9.17) is 10.3 Å². The number of imidazole rings is 1. The molecule has 0 saturated heterocycles. The fourth-order valence-corrected chi connectivity index (χ4v) is 3.86. The maximum atomic E-state index is 13.8. The second kappa shape index (κ2) is 6.86. The molecular formula is C13H18BrFN3O4P. The summed E-state index contributed by atoms with van der Waals surface area (Å²) in [6.07, 6.45) is 0. The number of anilines is 1. The van der Waals surface area contributed by atoms with Crippen molar-refractivity contribution >= 4 is 45.8 Å². The van der Waals surface area contributed by atoms with Crippen LogP contribution in [0.25, 0.3) is 11.0 Å². The molecule has 0 aliphatic carbocycles. The highest BCUT2D eigenvalue weighted by Crippen LogP contribution is 2.42. The van der Waals surface area contributed by atoms with Crippen molar-refractivity contribution in [3.05, 3.63) is 16.4 Å². The third-order valence-electron chi connectivity index (χ3n) is 3.09. The van der Waals surface area contributed by atoms with Crippen molar-refractivity contribution in [2.45, 2.75) is 20.4 Å². The Morgan fingerprint density at radius 1 is 1.57 bits per heavy atom. The fraction of sp³-hybridized carbons (Fsp3) is 0.462. The van der Waals surface area contributed by atoms with Gasteiger partial charge in [-0.3, -0.25) is 9.09 Å². The summed E-state index contributed by atoms with van der Waals surface area (Å²) < 4.78 is 37.8. The van der Waals surface area contributed by atoms with Crippen LogP contribution in [0.15, 0.2) is 10.5 Å². The first-order valence-corrected chi connectivity index (χ1v) is 9.16. The molecule has 0 saturated carbocycles. The lowest BCUT2D eigenvalue weighted by molar-refractivity contribution is 0.0449. The van der Waals surface area contributed by atoms with Gasteiger partial charge < -0.3 is 19.9 Å². The average Bonchev–Trinajstić information content (AvgIpc) is 2.83. The highest BCUT2D eigenvalue weighted by molar-refractivity contribution is 9.10. The number of nitrogens with zero attached hydrogens (tertiary/aromatic N) is 2. The van der Waals surface area contributed by atoms with E-state index in [-0.39, 0.29) is 29.5 Å². The van der Waals surface area contributed by atoms with Crippen LogP contribution in [-0.4, -0.2) is 28.3 Å². The number of rotatable bonds is 6.